The van der Waals surface area contributed by atoms with E-state index in [2.05, 4.69) is 13.8 Å². The summed E-state index contributed by atoms with van der Waals surface area (Å²) in [7, 11) is 0. The van der Waals surface area contributed by atoms with Gasteiger partial charge in [0, 0.05) is 19.6 Å². The number of nitrogens with zero attached hydrogens (tertiary/aromatic N) is 1. The zero-order chi connectivity index (χ0) is 11.5. The molecule has 0 aromatic heterocycles. The molecule has 0 aliphatic heterocycles. The molecule has 1 fully saturated rings. The van der Waals surface area contributed by atoms with E-state index in [0.29, 0.717) is 12.5 Å². The molecule has 0 unspecified atom stereocenters. The third kappa shape index (κ3) is 2.33. The van der Waals surface area contributed by atoms with Crippen LogP contribution < -0.4 is 5.73 Å². The Bertz CT molecular complexity index is 222. The van der Waals surface area contributed by atoms with Crippen molar-refractivity contribution in [2.45, 2.75) is 40.0 Å². The highest BCUT2D eigenvalue weighted by Gasteiger charge is 2.48. The van der Waals surface area contributed by atoms with Crippen LogP contribution in [0.5, 0.6) is 0 Å². The van der Waals surface area contributed by atoms with E-state index < -0.39 is 0 Å². The highest BCUT2D eigenvalue weighted by molar-refractivity contribution is 5.84. The summed E-state index contributed by atoms with van der Waals surface area (Å²) >= 11 is 0. The first-order valence-electron chi connectivity index (χ1n) is 6.09. The van der Waals surface area contributed by atoms with E-state index in [9.17, 15) is 4.79 Å². The van der Waals surface area contributed by atoms with Crippen LogP contribution in [0.25, 0.3) is 0 Å². The van der Waals surface area contributed by atoms with E-state index in [1.54, 1.807) is 0 Å². The molecule has 0 heterocycles. The molecule has 0 saturated heterocycles. The van der Waals surface area contributed by atoms with E-state index >= 15 is 0 Å². The van der Waals surface area contributed by atoms with Gasteiger partial charge in [-0.3, -0.25) is 4.79 Å². The van der Waals surface area contributed by atoms with Gasteiger partial charge in [0.2, 0.25) is 5.91 Å². The summed E-state index contributed by atoms with van der Waals surface area (Å²) in [6, 6.07) is 0. The first kappa shape index (κ1) is 12.5. The summed E-state index contributed by atoms with van der Waals surface area (Å²) in [6.45, 7) is 8.52. The van der Waals surface area contributed by atoms with Crippen LogP contribution in [0.2, 0.25) is 0 Å². The summed E-state index contributed by atoms with van der Waals surface area (Å²) < 4.78 is 0. The average Bonchev–Trinajstić information content (AvgIpc) is 2.20. The molecule has 0 bridgehead atoms. The van der Waals surface area contributed by atoms with Crippen LogP contribution in [0.15, 0.2) is 0 Å². The molecule has 1 aliphatic carbocycles. The Hall–Kier alpha value is -0.570. The van der Waals surface area contributed by atoms with Crippen LogP contribution in [0.1, 0.15) is 40.0 Å². The van der Waals surface area contributed by atoms with Crippen molar-refractivity contribution in [3.05, 3.63) is 0 Å². The molecular weight excluding hydrogens is 188 g/mol. The monoisotopic (exact) mass is 212 g/mol. The predicted molar refractivity (Wildman–Crippen MR) is 62.4 cm³/mol. The minimum Gasteiger partial charge on any atom is -0.342 e. The van der Waals surface area contributed by atoms with Gasteiger partial charge in [-0.25, -0.2) is 0 Å². The van der Waals surface area contributed by atoms with E-state index in [0.717, 1.165) is 32.4 Å². The second kappa shape index (κ2) is 4.97. The van der Waals surface area contributed by atoms with Crippen LogP contribution in [-0.4, -0.2) is 30.4 Å². The molecule has 3 nitrogen and oxygen atoms in total. The van der Waals surface area contributed by atoms with Gasteiger partial charge in [0.1, 0.15) is 0 Å². The van der Waals surface area contributed by atoms with Gasteiger partial charge in [0.05, 0.1) is 5.41 Å². The average molecular weight is 212 g/mol. The molecule has 88 valence electrons. The summed E-state index contributed by atoms with van der Waals surface area (Å²) in [5, 5.41) is 0. The highest BCUT2D eigenvalue weighted by Crippen LogP contribution is 2.45. The lowest BCUT2D eigenvalue weighted by atomic mass is 9.62. The first-order chi connectivity index (χ1) is 7.09. The number of nitrogens with two attached hydrogens (primary N) is 1. The van der Waals surface area contributed by atoms with Gasteiger partial charge >= 0.3 is 0 Å². The number of rotatable bonds is 5. The van der Waals surface area contributed by atoms with E-state index in [1.165, 1.54) is 0 Å². The minimum absolute atomic E-state index is 0.218. The molecule has 1 saturated carbocycles. The molecule has 0 aromatic rings. The Balaban J connectivity index is 2.64. The molecule has 0 radical (unpaired) electrons. The summed E-state index contributed by atoms with van der Waals surface area (Å²) in [5.74, 6) is 0.949. The van der Waals surface area contributed by atoms with Crippen molar-refractivity contribution in [3.63, 3.8) is 0 Å². The van der Waals surface area contributed by atoms with Crippen LogP contribution >= 0.6 is 0 Å². The zero-order valence-corrected chi connectivity index (χ0v) is 10.3. The Morgan fingerprint density at radius 2 is 2.07 bits per heavy atom. The number of amides is 1. The van der Waals surface area contributed by atoms with E-state index in [1.807, 2.05) is 11.8 Å². The zero-order valence-electron chi connectivity index (χ0n) is 10.3. The fourth-order valence-corrected chi connectivity index (χ4v) is 2.71. The molecular formula is C12H24N2O. The lowest BCUT2D eigenvalue weighted by molar-refractivity contribution is -0.149. The van der Waals surface area contributed by atoms with Gasteiger partial charge < -0.3 is 10.6 Å². The standard InChI is InChI=1S/C12H24N2O/c1-4-6-14(5-2)11(15)12(9-13)7-10(3)8-12/h10H,4-9,13H2,1-3H3. The smallest absolute Gasteiger partial charge is 0.230 e. The Morgan fingerprint density at radius 3 is 2.40 bits per heavy atom. The van der Waals surface area contributed by atoms with Crippen molar-refractivity contribution in [1.82, 2.24) is 4.90 Å². The van der Waals surface area contributed by atoms with Crippen molar-refractivity contribution in [1.29, 1.82) is 0 Å². The molecule has 1 aliphatic rings. The molecule has 1 amide bonds. The molecule has 0 spiro atoms. The van der Waals surface area contributed by atoms with Crippen LogP contribution in [0.3, 0.4) is 0 Å². The lowest BCUT2D eigenvalue weighted by Crippen LogP contribution is -2.54. The fourth-order valence-electron chi connectivity index (χ4n) is 2.71. The normalized spacial score (nSPS) is 29.7. The fraction of sp³-hybridized carbons (Fsp3) is 0.917. The second-order valence-electron chi connectivity index (χ2n) is 4.88. The molecule has 15 heavy (non-hydrogen) atoms. The Morgan fingerprint density at radius 1 is 1.47 bits per heavy atom. The van der Waals surface area contributed by atoms with Crippen molar-refractivity contribution >= 4 is 5.91 Å². The third-order valence-electron chi connectivity index (χ3n) is 3.49. The van der Waals surface area contributed by atoms with Crippen LogP contribution in [-0.2, 0) is 4.79 Å². The molecule has 0 atom stereocenters. The van der Waals surface area contributed by atoms with Gasteiger partial charge in [-0.05, 0) is 32.1 Å². The molecule has 0 aromatic carbocycles. The van der Waals surface area contributed by atoms with Gasteiger partial charge in [-0.15, -0.1) is 0 Å². The molecule has 2 N–H and O–H groups in total. The largest absolute Gasteiger partial charge is 0.342 e. The maximum atomic E-state index is 12.3. The van der Waals surface area contributed by atoms with E-state index in [4.69, 9.17) is 5.73 Å². The maximum absolute atomic E-state index is 12.3. The number of carbonyl (C=O) groups is 1. The van der Waals surface area contributed by atoms with Crippen LogP contribution in [0.4, 0.5) is 0 Å². The number of carbonyl (C=O) groups excluding carboxylic acids is 1. The van der Waals surface area contributed by atoms with Crippen molar-refractivity contribution in [2.75, 3.05) is 19.6 Å². The maximum Gasteiger partial charge on any atom is 0.230 e. The Labute approximate surface area is 93.0 Å². The van der Waals surface area contributed by atoms with E-state index in [-0.39, 0.29) is 11.3 Å². The second-order valence-corrected chi connectivity index (χ2v) is 4.88. The number of hydrogen-bond acceptors (Lipinski definition) is 2. The topological polar surface area (TPSA) is 46.3 Å². The first-order valence-corrected chi connectivity index (χ1v) is 6.09. The third-order valence-corrected chi connectivity index (χ3v) is 3.49. The lowest BCUT2D eigenvalue weighted by Gasteiger charge is -2.46. The summed E-state index contributed by atoms with van der Waals surface area (Å²) in [6.07, 6.45) is 2.97. The summed E-state index contributed by atoms with van der Waals surface area (Å²) in [5.41, 5.74) is 5.56. The van der Waals surface area contributed by atoms with Gasteiger partial charge in [0.25, 0.3) is 0 Å². The number of hydrogen-bond donors (Lipinski definition) is 1. The Kier molecular flexibility index (Phi) is 4.14. The van der Waals surface area contributed by atoms with Crippen molar-refractivity contribution in [3.8, 4) is 0 Å². The molecule has 1 rings (SSSR count). The highest BCUT2D eigenvalue weighted by atomic mass is 16.2. The summed E-state index contributed by atoms with van der Waals surface area (Å²) in [4.78, 5) is 14.2. The van der Waals surface area contributed by atoms with Crippen molar-refractivity contribution in [2.24, 2.45) is 17.1 Å². The van der Waals surface area contributed by atoms with Gasteiger partial charge in [0.15, 0.2) is 0 Å². The van der Waals surface area contributed by atoms with Crippen molar-refractivity contribution < 1.29 is 4.79 Å². The predicted octanol–water partition coefficient (Wildman–Crippen LogP) is 1.62. The molecule has 3 heteroatoms. The van der Waals surface area contributed by atoms with Gasteiger partial charge in [-0.2, -0.15) is 0 Å². The van der Waals surface area contributed by atoms with Crippen LogP contribution in [0, 0.1) is 11.3 Å². The minimum atomic E-state index is -0.218. The SMILES string of the molecule is CCCN(CC)C(=O)C1(CN)CC(C)C1. The van der Waals surface area contributed by atoms with Gasteiger partial charge in [-0.1, -0.05) is 13.8 Å². The quantitative estimate of drug-likeness (QED) is 0.752.